The molecule has 8 heteroatoms. The van der Waals surface area contributed by atoms with Gasteiger partial charge in [0.05, 0.1) is 12.7 Å². The average Bonchev–Trinajstić information content (AvgIpc) is 2.97. The number of nitrogens with one attached hydrogen (secondary N) is 2. The number of hydrogen-bond donors (Lipinski definition) is 2. The molecule has 7 nitrogen and oxygen atoms in total. The average molecular weight is 305 g/mol. The third kappa shape index (κ3) is 3.23. The second-order valence-corrected chi connectivity index (χ2v) is 5.60. The van der Waals surface area contributed by atoms with Crippen LogP contribution in [-0.2, 0) is 9.53 Å². The van der Waals surface area contributed by atoms with Crippen molar-refractivity contribution in [2.45, 2.75) is 19.1 Å². The minimum Gasteiger partial charge on any atom is -0.375 e. The van der Waals surface area contributed by atoms with E-state index in [4.69, 9.17) is 4.74 Å². The first-order valence-corrected chi connectivity index (χ1v) is 7.46. The van der Waals surface area contributed by atoms with E-state index in [9.17, 15) is 4.79 Å². The van der Waals surface area contributed by atoms with Crippen LogP contribution in [0, 0.1) is 0 Å². The van der Waals surface area contributed by atoms with Gasteiger partial charge in [-0.1, -0.05) is 17.4 Å². The molecule has 1 aliphatic heterocycles. The number of rotatable bonds is 3. The second kappa shape index (κ2) is 6.25. The summed E-state index contributed by atoms with van der Waals surface area (Å²) < 4.78 is 5.46. The number of carbonyl (C=O) groups excluding carboxylic acids is 1. The molecule has 0 saturated carbocycles. The summed E-state index contributed by atoms with van der Waals surface area (Å²) in [5, 5.41) is 15.1. The fourth-order valence-corrected chi connectivity index (χ4v) is 2.80. The molecule has 1 amide bonds. The van der Waals surface area contributed by atoms with Gasteiger partial charge in [0.2, 0.25) is 11.0 Å². The summed E-state index contributed by atoms with van der Waals surface area (Å²) in [6.07, 6.45) is 1.53. The zero-order valence-corrected chi connectivity index (χ0v) is 12.3. The van der Waals surface area contributed by atoms with E-state index in [0.29, 0.717) is 23.3 Å². The van der Waals surface area contributed by atoms with Gasteiger partial charge in [0, 0.05) is 12.7 Å². The van der Waals surface area contributed by atoms with Crippen molar-refractivity contribution in [2.24, 2.45) is 0 Å². The Bertz CT molecular complexity index is 618. The molecule has 110 valence electrons. The van der Waals surface area contributed by atoms with Gasteiger partial charge in [-0.2, -0.15) is 0 Å². The molecule has 2 N–H and O–H groups in total. The largest absolute Gasteiger partial charge is 0.375 e. The number of aromatic nitrogens is 3. The smallest absolute Gasteiger partial charge is 0.246 e. The highest BCUT2D eigenvalue weighted by Crippen LogP contribution is 2.24. The predicted molar refractivity (Wildman–Crippen MR) is 79.0 cm³/mol. The molecular weight excluding hydrogens is 290 g/mol. The monoisotopic (exact) mass is 305 g/mol. The lowest BCUT2D eigenvalue weighted by atomic mass is 10.1. The molecule has 3 heterocycles. The van der Waals surface area contributed by atoms with Gasteiger partial charge in [0.15, 0.2) is 5.01 Å². The van der Waals surface area contributed by atoms with Crippen molar-refractivity contribution in [1.29, 1.82) is 0 Å². The summed E-state index contributed by atoms with van der Waals surface area (Å²) in [6.45, 7) is 3.15. The van der Waals surface area contributed by atoms with Crippen molar-refractivity contribution in [3.63, 3.8) is 0 Å². The summed E-state index contributed by atoms with van der Waals surface area (Å²) >= 11 is 1.29. The van der Waals surface area contributed by atoms with Crippen LogP contribution in [0.5, 0.6) is 0 Å². The van der Waals surface area contributed by atoms with E-state index >= 15 is 0 Å². The summed E-state index contributed by atoms with van der Waals surface area (Å²) in [5.41, 5.74) is 0.739. The van der Waals surface area contributed by atoms with E-state index in [1.165, 1.54) is 11.3 Å². The van der Waals surface area contributed by atoms with Gasteiger partial charge in [-0.25, -0.2) is 0 Å². The summed E-state index contributed by atoms with van der Waals surface area (Å²) in [5.74, 6) is -0.161. The van der Waals surface area contributed by atoms with Crippen LogP contribution in [0.2, 0.25) is 0 Å². The Balaban J connectivity index is 1.68. The maximum absolute atomic E-state index is 12.2. The number of nitrogens with zero attached hydrogens (tertiary/aromatic N) is 3. The van der Waals surface area contributed by atoms with Gasteiger partial charge in [0.1, 0.15) is 11.7 Å². The van der Waals surface area contributed by atoms with Crippen LogP contribution in [0.25, 0.3) is 10.7 Å². The van der Waals surface area contributed by atoms with Crippen molar-refractivity contribution in [3.05, 3.63) is 24.4 Å². The SMILES string of the molecule is C[C@H]1OCCN[C@@H]1C(=O)Nc1nnc(-c2ccccn2)s1. The Hall–Kier alpha value is -1.90. The molecule has 0 unspecified atom stereocenters. The predicted octanol–water partition coefficient (Wildman–Crippen LogP) is 0.915. The minimum absolute atomic E-state index is 0.161. The number of hydrogen-bond acceptors (Lipinski definition) is 7. The van der Waals surface area contributed by atoms with Crippen molar-refractivity contribution in [2.75, 3.05) is 18.5 Å². The fraction of sp³-hybridized carbons (Fsp3) is 0.385. The van der Waals surface area contributed by atoms with Crippen molar-refractivity contribution in [1.82, 2.24) is 20.5 Å². The van der Waals surface area contributed by atoms with Gasteiger partial charge < -0.3 is 10.1 Å². The van der Waals surface area contributed by atoms with Gasteiger partial charge in [-0.15, -0.1) is 10.2 Å². The summed E-state index contributed by atoms with van der Waals surface area (Å²) in [4.78, 5) is 16.4. The molecule has 2 aromatic heterocycles. The molecule has 3 rings (SSSR count). The van der Waals surface area contributed by atoms with Crippen molar-refractivity contribution >= 4 is 22.4 Å². The highest BCUT2D eigenvalue weighted by molar-refractivity contribution is 7.18. The molecule has 2 aromatic rings. The summed E-state index contributed by atoms with van der Waals surface area (Å²) in [7, 11) is 0. The van der Waals surface area contributed by atoms with E-state index in [1.54, 1.807) is 6.20 Å². The van der Waals surface area contributed by atoms with E-state index in [-0.39, 0.29) is 18.1 Å². The van der Waals surface area contributed by atoms with Crippen molar-refractivity contribution < 1.29 is 9.53 Å². The lowest BCUT2D eigenvalue weighted by Crippen LogP contribution is -2.53. The lowest BCUT2D eigenvalue weighted by Gasteiger charge is -2.28. The molecule has 0 aliphatic carbocycles. The second-order valence-electron chi connectivity index (χ2n) is 4.62. The first kappa shape index (κ1) is 14.1. The maximum atomic E-state index is 12.2. The molecule has 21 heavy (non-hydrogen) atoms. The Kier molecular flexibility index (Phi) is 4.18. The third-order valence-electron chi connectivity index (χ3n) is 3.14. The quantitative estimate of drug-likeness (QED) is 0.876. The molecule has 0 spiro atoms. The van der Waals surface area contributed by atoms with E-state index in [0.717, 1.165) is 5.69 Å². The molecule has 0 aromatic carbocycles. The van der Waals surface area contributed by atoms with Gasteiger partial charge >= 0.3 is 0 Å². The first-order chi connectivity index (χ1) is 10.2. The number of ether oxygens (including phenoxy) is 1. The minimum atomic E-state index is -0.374. The van der Waals surface area contributed by atoms with Crippen LogP contribution in [0.1, 0.15) is 6.92 Å². The number of morpholine rings is 1. The Labute approximate surface area is 125 Å². The topological polar surface area (TPSA) is 89.0 Å². The van der Waals surface area contributed by atoms with Gasteiger partial charge in [0.25, 0.3) is 0 Å². The van der Waals surface area contributed by atoms with Crippen molar-refractivity contribution in [3.8, 4) is 10.7 Å². The highest BCUT2D eigenvalue weighted by Gasteiger charge is 2.28. The van der Waals surface area contributed by atoms with E-state index in [1.807, 2.05) is 25.1 Å². The Morgan fingerprint density at radius 2 is 2.38 bits per heavy atom. The summed E-state index contributed by atoms with van der Waals surface area (Å²) in [6, 6.07) is 5.20. The third-order valence-corrected chi connectivity index (χ3v) is 4.00. The molecule has 2 atom stereocenters. The van der Waals surface area contributed by atoms with Crippen LogP contribution in [-0.4, -0.2) is 46.4 Å². The van der Waals surface area contributed by atoms with Crippen LogP contribution in [0.4, 0.5) is 5.13 Å². The van der Waals surface area contributed by atoms with Crippen LogP contribution in [0.3, 0.4) is 0 Å². The Morgan fingerprint density at radius 1 is 1.48 bits per heavy atom. The lowest BCUT2D eigenvalue weighted by molar-refractivity contribution is -0.123. The Morgan fingerprint density at radius 3 is 3.14 bits per heavy atom. The van der Waals surface area contributed by atoms with Gasteiger partial charge in [-0.05, 0) is 19.1 Å². The molecular formula is C13H15N5O2S. The fourth-order valence-electron chi connectivity index (χ4n) is 2.08. The number of anilines is 1. The zero-order valence-electron chi connectivity index (χ0n) is 11.4. The number of pyridine rings is 1. The standard InChI is InChI=1S/C13H15N5O2S/c1-8-10(15-6-7-20-8)11(19)16-13-18-17-12(21-13)9-4-2-3-5-14-9/h2-5,8,10,15H,6-7H2,1H3,(H,16,18,19)/t8-,10+/m1/s1. The molecule has 1 fully saturated rings. The van der Waals surface area contributed by atoms with E-state index < -0.39 is 0 Å². The molecule has 0 bridgehead atoms. The molecule has 1 saturated heterocycles. The normalized spacial score (nSPS) is 22.0. The first-order valence-electron chi connectivity index (χ1n) is 6.65. The number of carbonyl (C=O) groups is 1. The molecule has 1 aliphatic rings. The van der Waals surface area contributed by atoms with Crippen LogP contribution < -0.4 is 10.6 Å². The van der Waals surface area contributed by atoms with Crippen LogP contribution >= 0.6 is 11.3 Å². The maximum Gasteiger partial charge on any atom is 0.246 e. The number of amides is 1. The van der Waals surface area contributed by atoms with E-state index in [2.05, 4.69) is 25.8 Å². The molecule has 0 radical (unpaired) electrons. The zero-order chi connectivity index (χ0) is 14.7. The van der Waals surface area contributed by atoms with Crippen LogP contribution in [0.15, 0.2) is 24.4 Å². The highest BCUT2D eigenvalue weighted by atomic mass is 32.1. The van der Waals surface area contributed by atoms with Gasteiger partial charge in [-0.3, -0.25) is 15.1 Å².